The van der Waals surface area contributed by atoms with Crippen LogP contribution in [0.2, 0.25) is 0 Å². The van der Waals surface area contributed by atoms with E-state index in [1.807, 2.05) is 36.5 Å². The summed E-state index contributed by atoms with van der Waals surface area (Å²) in [4.78, 5) is 5.66. The predicted molar refractivity (Wildman–Crippen MR) is 134 cm³/mol. The molecule has 0 amide bonds. The maximum Gasteiger partial charge on any atom is 0.123 e. The average molecular weight is 453 g/mol. The molecule has 0 radical (unpaired) electrons. The molecular weight excluding hydrogens is 428 g/mol. The summed E-state index contributed by atoms with van der Waals surface area (Å²) in [5.74, 6) is 7.56. The largest absolute Gasteiger partial charge is 0.497 e. The number of nitrogens with zero attached hydrogens (tertiary/aromatic N) is 2. The van der Waals surface area contributed by atoms with Gasteiger partial charge in [-0.2, -0.15) is 5.26 Å². The number of thiophene rings is 1. The van der Waals surface area contributed by atoms with Crippen LogP contribution in [-0.4, -0.2) is 12.1 Å². The van der Waals surface area contributed by atoms with E-state index in [9.17, 15) is 0 Å². The zero-order chi connectivity index (χ0) is 23.2. The highest BCUT2D eigenvalue weighted by molar-refractivity contribution is 7.17. The fourth-order valence-electron chi connectivity index (χ4n) is 3.79. The third-order valence-electron chi connectivity index (χ3n) is 5.51. The Bertz CT molecular complexity index is 1370. The van der Waals surface area contributed by atoms with Crippen LogP contribution in [0.1, 0.15) is 36.0 Å². The highest BCUT2D eigenvalue weighted by Crippen LogP contribution is 2.36. The van der Waals surface area contributed by atoms with Gasteiger partial charge in [0.05, 0.1) is 25.5 Å². The minimum atomic E-state index is -0.0703. The normalized spacial score (nSPS) is 11.3. The molecule has 0 saturated carbocycles. The van der Waals surface area contributed by atoms with Gasteiger partial charge in [-0.15, -0.1) is 17.3 Å². The molecule has 1 atom stereocenters. The van der Waals surface area contributed by atoms with Crippen molar-refractivity contribution >= 4 is 21.6 Å². The van der Waals surface area contributed by atoms with Gasteiger partial charge >= 0.3 is 0 Å². The topological polar surface area (TPSA) is 55.1 Å². The maximum atomic E-state index is 9.03. The summed E-state index contributed by atoms with van der Waals surface area (Å²) in [5.41, 5.74) is 5.56. The lowest BCUT2D eigenvalue weighted by Gasteiger charge is -2.10. The number of aromatic nitrogens is 1. The Kier molecular flexibility index (Phi) is 6.93. The van der Waals surface area contributed by atoms with Crippen molar-refractivity contribution in [1.29, 1.82) is 5.26 Å². The van der Waals surface area contributed by atoms with E-state index in [0.29, 0.717) is 13.0 Å². The number of pyridine rings is 1. The van der Waals surface area contributed by atoms with E-state index in [0.717, 1.165) is 32.8 Å². The Morgan fingerprint density at radius 3 is 2.55 bits per heavy atom. The summed E-state index contributed by atoms with van der Waals surface area (Å²) in [7, 11) is 1.68. The Morgan fingerprint density at radius 1 is 1.06 bits per heavy atom. The average Bonchev–Trinajstić information content (AvgIpc) is 3.26. The molecule has 164 valence electrons. The number of hydrogen-bond acceptors (Lipinski definition) is 5. The zero-order valence-corrected chi connectivity index (χ0v) is 19.7. The van der Waals surface area contributed by atoms with Gasteiger partial charge in [0.2, 0.25) is 0 Å². The van der Waals surface area contributed by atoms with Gasteiger partial charge in [-0.1, -0.05) is 24.1 Å². The van der Waals surface area contributed by atoms with Crippen LogP contribution in [0.3, 0.4) is 0 Å². The van der Waals surface area contributed by atoms with E-state index in [4.69, 9.17) is 14.7 Å². The van der Waals surface area contributed by atoms with Crippen molar-refractivity contribution < 1.29 is 9.47 Å². The molecule has 4 rings (SSSR count). The molecule has 0 fully saturated rings. The first-order valence-electron chi connectivity index (χ1n) is 10.7. The van der Waals surface area contributed by atoms with Crippen LogP contribution in [0, 0.1) is 30.1 Å². The van der Waals surface area contributed by atoms with Crippen molar-refractivity contribution in [2.45, 2.75) is 32.8 Å². The number of aryl methyl sites for hydroxylation is 1. The van der Waals surface area contributed by atoms with E-state index >= 15 is 0 Å². The van der Waals surface area contributed by atoms with Gasteiger partial charge in [0.15, 0.2) is 0 Å². The SMILES string of the molecule is CC#C[C@@H](CC#N)c1ccc(OCc2cnc3scc(-c4ccc(OC)cc4C)c3c2)cc1. The van der Waals surface area contributed by atoms with E-state index in [-0.39, 0.29) is 5.92 Å². The highest BCUT2D eigenvalue weighted by Gasteiger charge is 2.12. The number of ether oxygens (including phenoxy) is 2. The van der Waals surface area contributed by atoms with Crippen LogP contribution in [0.15, 0.2) is 60.1 Å². The van der Waals surface area contributed by atoms with Gasteiger partial charge in [-0.05, 0) is 60.9 Å². The van der Waals surface area contributed by atoms with Gasteiger partial charge in [0.1, 0.15) is 22.9 Å². The molecule has 0 aliphatic heterocycles. The minimum Gasteiger partial charge on any atom is -0.497 e. The maximum absolute atomic E-state index is 9.03. The predicted octanol–water partition coefficient (Wildman–Crippen LogP) is 6.88. The molecule has 0 N–H and O–H groups in total. The molecule has 4 nitrogen and oxygen atoms in total. The summed E-state index contributed by atoms with van der Waals surface area (Å²) in [6.07, 6.45) is 2.25. The van der Waals surface area contributed by atoms with E-state index in [2.05, 4.69) is 53.4 Å². The smallest absolute Gasteiger partial charge is 0.123 e. The lowest BCUT2D eigenvalue weighted by atomic mass is 9.97. The van der Waals surface area contributed by atoms with Crippen molar-refractivity contribution in [2.75, 3.05) is 7.11 Å². The molecule has 2 aromatic heterocycles. The highest BCUT2D eigenvalue weighted by atomic mass is 32.1. The van der Waals surface area contributed by atoms with Gasteiger partial charge in [0.25, 0.3) is 0 Å². The number of nitriles is 1. The molecule has 0 unspecified atom stereocenters. The molecule has 0 bridgehead atoms. The molecule has 0 spiro atoms. The number of benzene rings is 2. The van der Waals surface area contributed by atoms with Gasteiger partial charge in [-0.3, -0.25) is 0 Å². The molecule has 2 aromatic carbocycles. The molecule has 33 heavy (non-hydrogen) atoms. The van der Waals surface area contributed by atoms with Crippen molar-refractivity contribution in [3.63, 3.8) is 0 Å². The van der Waals surface area contributed by atoms with Gasteiger partial charge in [0, 0.05) is 28.1 Å². The van der Waals surface area contributed by atoms with Crippen LogP contribution in [0.25, 0.3) is 21.3 Å². The van der Waals surface area contributed by atoms with Crippen LogP contribution < -0.4 is 9.47 Å². The standard InChI is InChI=1S/C28H24N2O2S/c1-4-5-21(12-13-29)22-6-8-23(9-7-22)32-17-20-15-26-27(18-33-28(26)30-16-20)25-11-10-24(31-3)14-19(25)2/h6-11,14-16,18,21H,12,17H2,1-3H3/t21-/m0/s1. The van der Waals surface area contributed by atoms with Crippen LogP contribution >= 0.6 is 11.3 Å². The lowest BCUT2D eigenvalue weighted by molar-refractivity contribution is 0.306. The molecule has 0 aliphatic rings. The van der Waals surface area contributed by atoms with Crippen molar-refractivity contribution in [2.24, 2.45) is 0 Å². The second-order valence-corrected chi connectivity index (χ2v) is 8.55. The quantitative estimate of drug-likeness (QED) is 0.287. The van der Waals surface area contributed by atoms with E-state index in [1.165, 1.54) is 16.7 Å². The van der Waals surface area contributed by atoms with Crippen LogP contribution in [0.5, 0.6) is 11.5 Å². The molecule has 0 saturated heterocycles. The number of rotatable bonds is 7. The fourth-order valence-corrected chi connectivity index (χ4v) is 4.69. The van der Waals surface area contributed by atoms with E-state index in [1.54, 1.807) is 25.4 Å². The monoisotopic (exact) mass is 452 g/mol. The molecule has 4 aromatic rings. The first kappa shape index (κ1) is 22.4. The Morgan fingerprint density at radius 2 is 1.85 bits per heavy atom. The molecule has 2 heterocycles. The fraction of sp³-hybridized carbons (Fsp3) is 0.214. The number of fused-ring (bicyclic) bond motifs is 1. The van der Waals surface area contributed by atoms with Gasteiger partial charge in [-0.25, -0.2) is 4.98 Å². The second-order valence-electron chi connectivity index (χ2n) is 7.69. The van der Waals surface area contributed by atoms with Crippen molar-refractivity contribution in [3.05, 3.63) is 76.8 Å². The summed E-state index contributed by atoms with van der Waals surface area (Å²) < 4.78 is 11.4. The summed E-state index contributed by atoms with van der Waals surface area (Å²) >= 11 is 1.65. The number of methoxy groups -OCH3 is 1. The molecular formula is C28H24N2O2S. The minimum absolute atomic E-state index is 0.0703. The van der Waals surface area contributed by atoms with Crippen molar-refractivity contribution in [1.82, 2.24) is 4.98 Å². The van der Waals surface area contributed by atoms with Crippen molar-refractivity contribution in [3.8, 4) is 40.5 Å². The Labute approximate surface area is 198 Å². The first-order valence-corrected chi connectivity index (χ1v) is 11.5. The lowest BCUT2D eigenvalue weighted by Crippen LogP contribution is -1.98. The van der Waals surface area contributed by atoms with Gasteiger partial charge < -0.3 is 9.47 Å². The third-order valence-corrected chi connectivity index (χ3v) is 6.41. The zero-order valence-electron chi connectivity index (χ0n) is 18.9. The number of hydrogen-bond donors (Lipinski definition) is 0. The van der Waals surface area contributed by atoms with Crippen LogP contribution in [0.4, 0.5) is 0 Å². The molecule has 5 heteroatoms. The molecule has 0 aliphatic carbocycles. The Hall–Kier alpha value is -3.80. The summed E-state index contributed by atoms with van der Waals surface area (Å²) in [6.45, 7) is 4.32. The third kappa shape index (κ3) is 5.00. The second kappa shape index (κ2) is 10.2. The first-order chi connectivity index (χ1) is 16.1. The summed E-state index contributed by atoms with van der Waals surface area (Å²) in [6, 6.07) is 18.3. The van der Waals surface area contributed by atoms with Crippen LogP contribution in [-0.2, 0) is 6.61 Å². The summed E-state index contributed by atoms with van der Waals surface area (Å²) in [5, 5.41) is 12.3. The van der Waals surface area contributed by atoms with E-state index < -0.39 is 0 Å². The Balaban J connectivity index is 1.52.